The number of fused-ring (bicyclic) bond motifs is 16. The van der Waals surface area contributed by atoms with Crippen LogP contribution in [0.3, 0.4) is 0 Å². The summed E-state index contributed by atoms with van der Waals surface area (Å²) in [5.41, 5.74) is 22.5. The van der Waals surface area contributed by atoms with Gasteiger partial charge in [-0.1, -0.05) is 162 Å². The Kier molecular flexibility index (Phi) is 7.90. The third kappa shape index (κ3) is 5.22. The normalized spacial score (nSPS) is 14.1. The maximum absolute atomic E-state index is 7.05. The maximum atomic E-state index is 7.05. The molecule has 12 aromatic rings. The van der Waals surface area contributed by atoms with E-state index in [1.165, 1.54) is 88.1 Å². The van der Waals surface area contributed by atoms with E-state index in [1.54, 1.807) is 0 Å². The Morgan fingerprint density at radius 2 is 1.21 bits per heavy atom. The van der Waals surface area contributed by atoms with Crippen molar-refractivity contribution in [3.05, 3.63) is 217 Å². The van der Waals surface area contributed by atoms with Gasteiger partial charge in [0.2, 0.25) is 0 Å². The molecule has 0 saturated carbocycles. The van der Waals surface area contributed by atoms with E-state index in [9.17, 15) is 0 Å². The molecule has 3 aliphatic rings. The van der Waals surface area contributed by atoms with Crippen LogP contribution in [0.25, 0.3) is 76.8 Å². The van der Waals surface area contributed by atoms with Crippen molar-refractivity contribution in [3.8, 4) is 22.3 Å². The zero-order valence-electron chi connectivity index (χ0n) is 39.9. The van der Waals surface area contributed by atoms with Crippen LogP contribution in [-0.4, -0.2) is 11.3 Å². The van der Waals surface area contributed by atoms with E-state index >= 15 is 0 Å². The van der Waals surface area contributed by atoms with Gasteiger partial charge in [-0.25, -0.2) is 0 Å². The molecule has 0 unspecified atom stereocenters. The highest BCUT2D eigenvalue weighted by Gasteiger charge is 2.48. The molecule has 5 heteroatoms. The van der Waals surface area contributed by atoms with Crippen molar-refractivity contribution in [2.24, 2.45) is 0 Å². The summed E-state index contributed by atoms with van der Waals surface area (Å²) in [6.07, 6.45) is 0. The fraction of sp³-hybridized carbons (Fsp3) is 0.108. The minimum Gasteiger partial charge on any atom is -0.454 e. The van der Waals surface area contributed by atoms with Crippen LogP contribution in [-0.2, 0) is 10.8 Å². The van der Waals surface area contributed by atoms with E-state index in [0.29, 0.717) is 0 Å². The highest BCUT2D eigenvalue weighted by molar-refractivity contribution is 6.90. The van der Waals surface area contributed by atoms with Crippen LogP contribution in [0.5, 0.6) is 0 Å². The van der Waals surface area contributed by atoms with Crippen molar-refractivity contribution in [1.82, 2.24) is 4.48 Å². The van der Waals surface area contributed by atoms with Gasteiger partial charge in [0.05, 0.1) is 5.69 Å². The molecule has 0 atom stereocenters. The van der Waals surface area contributed by atoms with Gasteiger partial charge in [-0.3, -0.25) is 0 Å². The van der Waals surface area contributed by atoms with Gasteiger partial charge < -0.3 is 18.7 Å². The van der Waals surface area contributed by atoms with Gasteiger partial charge in [0.15, 0.2) is 5.58 Å². The predicted octanol–water partition coefficient (Wildman–Crippen LogP) is 16.3. The molecule has 1 aliphatic carbocycles. The second kappa shape index (κ2) is 13.9. The SMILES string of the molecule is CC(C)(C)c1cc2c3c(c1)c1c4ccccc4ccc1n3B1c3ccc(N(c4ccccc4)c4ccccc4)cc3N(c3cccc4c3oc3ccccc34)c3cc4c(c-2c31)-c1ccccc1C4(C)C. The van der Waals surface area contributed by atoms with Gasteiger partial charge in [0.1, 0.15) is 5.58 Å². The van der Waals surface area contributed by atoms with Crippen LogP contribution in [0.15, 0.2) is 205 Å². The number of nitrogens with zero attached hydrogens (tertiary/aromatic N) is 3. The molecule has 0 saturated heterocycles. The van der Waals surface area contributed by atoms with Crippen molar-refractivity contribution in [2.75, 3.05) is 9.80 Å². The van der Waals surface area contributed by atoms with Gasteiger partial charge in [0, 0.05) is 72.0 Å². The molecule has 4 heterocycles. The summed E-state index contributed by atoms with van der Waals surface area (Å²) < 4.78 is 9.78. The molecule has 332 valence electrons. The molecule has 0 bridgehead atoms. The van der Waals surface area contributed by atoms with Crippen LogP contribution in [0, 0.1) is 0 Å². The van der Waals surface area contributed by atoms with E-state index in [0.717, 1.165) is 50.4 Å². The first-order valence-electron chi connectivity index (χ1n) is 24.7. The van der Waals surface area contributed by atoms with Gasteiger partial charge in [-0.05, 0) is 133 Å². The average Bonchev–Trinajstić information content (AvgIpc) is 4.01. The Morgan fingerprint density at radius 1 is 0.514 bits per heavy atom. The number of aromatic nitrogens is 1. The predicted molar refractivity (Wildman–Crippen MR) is 296 cm³/mol. The first-order valence-corrected chi connectivity index (χ1v) is 24.7. The number of furan rings is 1. The monoisotopic (exact) mass is 897 g/mol. The van der Waals surface area contributed by atoms with Crippen LogP contribution in [0.4, 0.5) is 34.1 Å². The summed E-state index contributed by atoms with van der Waals surface area (Å²) in [7, 11) is 0. The standard InChI is InChI=1S/C65H48BN3O/c1-64(2,3)40-35-48-58-44-24-13-12-19-39(44)31-34-53(58)69-62(48)49(36-40)60-59-47-26-14-16-28-50(47)65(4,5)51(59)38-56-61(60)66(69)52-33-32-43(67(41-20-8-6-9-21-41)42-22-10-7-11-23-42)37-55(52)68(56)54-29-18-27-46-45-25-15-17-30-57(45)70-63(46)54/h6-38H,1-5H3. The molecule has 10 aromatic carbocycles. The lowest BCUT2D eigenvalue weighted by molar-refractivity contribution is 0.591. The van der Waals surface area contributed by atoms with Crippen LogP contribution < -0.4 is 20.7 Å². The summed E-state index contributed by atoms with van der Waals surface area (Å²) in [5.74, 6) is 0. The largest absolute Gasteiger partial charge is 0.454 e. The van der Waals surface area contributed by atoms with Crippen molar-refractivity contribution in [3.63, 3.8) is 0 Å². The summed E-state index contributed by atoms with van der Waals surface area (Å²) in [6.45, 7) is 11.8. The van der Waals surface area contributed by atoms with Gasteiger partial charge >= 0.3 is 6.85 Å². The Balaban J connectivity index is 1.15. The van der Waals surface area contributed by atoms with Crippen LogP contribution in [0.1, 0.15) is 51.3 Å². The molecule has 0 radical (unpaired) electrons. The third-order valence-corrected chi connectivity index (χ3v) is 16.0. The van der Waals surface area contributed by atoms with Gasteiger partial charge in [-0.15, -0.1) is 0 Å². The summed E-state index contributed by atoms with van der Waals surface area (Å²) in [4.78, 5) is 4.96. The van der Waals surface area contributed by atoms with Crippen LogP contribution in [0.2, 0.25) is 0 Å². The van der Waals surface area contributed by atoms with Crippen molar-refractivity contribution >= 4 is 106 Å². The Bertz CT molecular complexity index is 4170. The molecule has 2 aromatic heterocycles. The first-order chi connectivity index (χ1) is 34.1. The minimum absolute atomic E-state index is 0.106. The highest BCUT2D eigenvalue weighted by Crippen LogP contribution is 2.58. The zero-order valence-corrected chi connectivity index (χ0v) is 39.9. The third-order valence-electron chi connectivity index (χ3n) is 16.0. The topological polar surface area (TPSA) is 24.6 Å². The summed E-state index contributed by atoms with van der Waals surface area (Å²) >= 11 is 0. The fourth-order valence-corrected chi connectivity index (χ4v) is 12.8. The quantitative estimate of drug-likeness (QED) is 0.165. The maximum Gasteiger partial charge on any atom is 0.333 e. The van der Waals surface area contributed by atoms with E-state index in [2.05, 4.69) is 249 Å². The summed E-state index contributed by atoms with van der Waals surface area (Å²) in [5, 5.41) is 7.40. The molecule has 15 rings (SSSR count). The minimum atomic E-state index is -0.273. The molecular formula is C65H48BN3O. The molecule has 70 heavy (non-hydrogen) atoms. The highest BCUT2D eigenvalue weighted by atomic mass is 16.3. The Morgan fingerprint density at radius 3 is 2.00 bits per heavy atom. The molecule has 0 fully saturated rings. The number of hydrogen-bond donors (Lipinski definition) is 0. The lowest BCUT2D eigenvalue weighted by atomic mass is 9.44. The van der Waals surface area contributed by atoms with Crippen LogP contribution >= 0.6 is 0 Å². The van der Waals surface area contributed by atoms with Gasteiger partial charge in [-0.2, -0.15) is 0 Å². The lowest BCUT2D eigenvalue weighted by Gasteiger charge is -2.42. The molecule has 0 amide bonds. The zero-order chi connectivity index (χ0) is 46.8. The fourth-order valence-electron chi connectivity index (χ4n) is 12.8. The van der Waals surface area contributed by atoms with Crippen molar-refractivity contribution in [1.29, 1.82) is 0 Å². The van der Waals surface area contributed by atoms with E-state index in [-0.39, 0.29) is 17.7 Å². The molecule has 2 aliphatic heterocycles. The van der Waals surface area contributed by atoms with Crippen molar-refractivity contribution < 1.29 is 4.42 Å². The molecule has 4 nitrogen and oxygen atoms in total. The Labute approximate surface area is 407 Å². The number of hydrogen-bond acceptors (Lipinski definition) is 3. The molecule has 0 N–H and O–H groups in total. The van der Waals surface area contributed by atoms with E-state index in [1.807, 2.05) is 0 Å². The smallest absolute Gasteiger partial charge is 0.333 e. The first kappa shape index (κ1) is 39.7. The second-order valence-electron chi connectivity index (χ2n) is 21.2. The van der Waals surface area contributed by atoms with Gasteiger partial charge in [0.25, 0.3) is 0 Å². The lowest BCUT2D eigenvalue weighted by Crippen LogP contribution is -2.57. The second-order valence-corrected chi connectivity index (χ2v) is 21.2. The number of benzene rings is 10. The molecular weight excluding hydrogens is 850 g/mol. The number of para-hydroxylation sites is 4. The van der Waals surface area contributed by atoms with E-state index in [4.69, 9.17) is 4.42 Å². The van der Waals surface area contributed by atoms with E-state index < -0.39 is 0 Å². The number of anilines is 6. The number of rotatable bonds is 4. The summed E-state index contributed by atoms with van der Waals surface area (Å²) in [6, 6.07) is 74.5. The van der Waals surface area contributed by atoms with Crippen molar-refractivity contribution in [2.45, 2.75) is 45.4 Å². The Hall–Kier alpha value is -8.28. The molecule has 0 spiro atoms. The average molecular weight is 898 g/mol.